The fourth-order valence-corrected chi connectivity index (χ4v) is 9.49. The van der Waals surface area contributed by atoms with Gasteiger partial charge in [-0.3, -0.25) is 50.4 Å². The predicted octanol–water partition coefficient (Wildman–Crippen LogP) is -1.80. The summed E-state index contributed by atoms with van der Waals surface area (Å²) >= 11 is 6.42. The van der Waals surface area contributed by atoms with Crippen LogP contribution in [-0.2, 0) is 14.4 Å². The Balaban J connectivity index is 1.18. The number of nitrogens with zero attached hydrogens (tertiary/aromatic N) is 5. The molecule has 296 valence electrons. The average Bonchev–Trinajstić information content (AvgIpc) is 3.56. The van der Waals surface area contributed by atoms with Gasteiger partial charge in [-0.1, -0.05) is 6.92 Å². The van der Waals surface area contributed by atoms with Crippen molar-refractivity contribution >= 4 is 29.2 Å². The van der Waals surface area contributed by atoms with Crippen molar-refractivity contribution < 1.29 is 32.7 Å². The molecule has 0 aromatic carbocycles. The first kappa shape index (κ1) is 40.0. The van der Waals surface area contributed by atoms with Crippen molar-refractivity contribution in [2.24, 2.45) is 5.92 Å². The van der Waals surface area contributed by atoms with Crippen LogP contribution in [0, 0.1) is 5.92 Å². The number of hydrogen-bond donors (Lipinski definition) is 7. The number of rotatable bonds is 8. The van der Waals surface area contributed by atoms with Crippen LogP contribution in [0.2, 0.25) is 0 Å². The van der Waals surface area contributed by atoms with Gasteiger partial charge in [0.05, 0.1) is 54.5 Å². The summed E-state index contributed by atoms with van der Waals surface area (Å²) < 4.78 is 40.2. The molecule has 52 heavy (non-hydrogen) atoms. The SMILES string of the molecule is CCC1C(N2CCN(C(=O)C3NCNC(C)C3O)CC2)C(=O)C2NC(N(C)C3CCN(C)N3)CNC2N1CC(=O)NC1CCC(C(F)(F)F)CC1Cl. The number of aliphatic hydroxyl groups is 1. The molecule has 12 unspecified atom stereocenters. The molecule has 2 amide bonds. The number of Topliss-reactive ketones (excluding diaryl/α,β-unsaturated/α-hetero) is 1. The lowest BCUT2D eigenvalue weighted by molar-refractivity contribution is -0.182. The Morgan fingerprint density at radius 2 is 1.79 bits per heavy atom. The molecule has 5 saturated heterocycles. The Labute approximate surface area is 309 Å². The van der Waals surface area contributed by atoms with Gasteiger partial charge in [0.1, 0.15) is 6.04 Å². The van der Waals surface area contributed by atoms with Crippen molar-refractivity contribution in [2.75, 3.05) is 66.6 Å². The number of alkyl halides is 4. The Bertz CT molecular complexity index is 1280. The maximum Gasteiger partial charge on any atom is 0.391 e. The van der Waals surface area contributed by atoms with Crippen molar-refractivity contribution in [2.45, 2.75) is 118 Å². The molecule has 7 N–H and O–H groups in total. The van der Waals surface area contributed by atoms with Crippen molar-refractivity contribution in [1.82, 2.24) is 56.6 Å². The third-order valence-corrected chi connectivity index (χ3v) is 12.7. The first-order chi connectivity index (χ1) is 24.7. The summed E-state index contributed by atoms with van der Waals surface area (Å²) in [7, 11) is 4.01. The summed E-state index contributed by atoms with van der Waals surface area (Å²) in [6.45, 7) is 7.25. The Hall–Kier alpha value is -1.71. The number of amides is 2. The zero-order chi connectivity index (χ0) is 37.5. The van der Waals surface area contributed by atoms with Crippen molar-refractivity contribution in [3.63, 3.8) is 0 Å². The minimum absolute atomic E-state index is 0.0194. The molecule has 6 aliphatic rings. The number of hydrogen-bond acceptors (Lipinski definition) is 13. The number of nitrogens with one attached hydrogen (secondary N) is 6. The van der Waals surface area contributed by atoms with Gasteiger partial charge in [0.15, 0.2) is 5.78 Å². The molecule has 6 fully saturated rings. The lowest BCUT2D eigenvalue weighted by Crippen LogP contribution is -2.81. The van der Waals surface area contributed by atoms with Gasteiger partial charge in [0.2, 0.25) is 11.8 Å². The molecule has 0 radical (unpaired) electrons. The fourth-order valence-electron chi connectivity index (χ4n) is 9.09. The molecule has 0 bridgehead atoms. The normalized spacial score (nSPS) is 40.2. The third kappa shape index (κ3) is 8.41. The number of likely N-dealkylation sites (N-methyl/N-ethyl adjacent to an activating group) is 1. The molecule has 5 aliphatic heterocycles. The van der Waals surface area contributed by atoms with Gasteiger partial charge in [0.25, 0.3) is 0 Å². The molecule has 6 rings (SSSR count). The van der Waals surface area contributed by atoms with Crippen molar-refractivity contribution in [3.8, 4) is 0 Å². The van der Waals surface area contributed by atoms with Gasteiger partial charge in [-0.2, -0.15) is 13.2 Å². The van der Waals surface area contributed by atoms with E-state index in [1.165, 1.54) is 0 Å². The molecule has 15 nitrogen and oxygen atoms in total. The van der Waals surface area contributed by atoms with E-state index >= 15 is 0 Å². The van der Waals surface area contributed by atoms with E-state index in [9.17, 15) is 32.7 Å². The predicted molar refractivity (Wildman–Crippen MR) is 188 cm³/mol. The van der Waals surface area contributed by atoms with Crippen molar-refractivity contribution in [3.05, 3.63) is 0 Å². The highest BCUT2D eigenvalue weighted by Crippen LogP contribution is 2.39. The molecule has 5 heterocycles. The second kappa shape index (κ2) is 16.6. The van der Waals surface area contributed by atoms with Crippen LogP contribution < -0.4 is 32.0 Å². The van der Waals surface area contributed by atoms with E-state index in [0.717, 1.165) is 13.0 Å². The van der Waals surface area contributed by atoms with E-state index < -0.39 is 53.9 Å². The second-order valence-corrected chi connectivity index (χ2v) is 16.0. The largest absolute Gasteiger partial charge is 0.391 e. The average molecular weight is 764 g/mol. The lowest BCUT2D eigenvalue weighted by Gasteiger charge is -2.56. The van der Waals surface area contributed by atoms with E-state index in [-0.39, 0.29) is 67.8 Å². The second-order valence-electron chi connectivity index (χ2n) is 15.5. The summed E-state index contributed by atoms with van der Waals surface area (Å²) in [6, 6.07) is -3.10. The topological polar surface area (TPSA) is 160 Å². The van der Waals surface area contributed by atoms with Gasteiger partial charge in [-0.15, -0.1) is 11.6 Å². The van der Waals surface area contributed by atoms with E-state index in [4.69, 9.17) is 11.6 Å². The first-order valence-corrected chi connectivity index (χ1v) is 19.3. The van der Waals surface area contributed by atoms with E-state index in [1.807, 2.05) is 37.9 Å². The Morgan fingerprint density at radius 3 is 2.42 bits per heavy atom. The summed E-state index contributed by atoms with van der Waals surface area (Å²) in [4.78, 5) is 49.9. The molecule has 0 aromatic heterocycles. The number of piperazine rings is 2. The van der Waals surface area contributed by atoms with Crippen LogP contribution in [0.4, 0.5) is 13.2 Å². The molecule has 0 spiro atoms. The molecule has 0 aromatic rings. The highest BCUT2D eigenvalue weighted by Gasteiger charge is 2.54. The third-order valence-electron chi connectivity index (χ3n) is 12.3. The van der Waals surface area contributed by atoms with Crippen LogP contribution in [0.15, 0.2) is 0 Å². The van der Waals surface area contributed by atoms with Crippen molar-refractivity contribution in [1.29, 1.82) is 0 Å². The van der Waals surface area contributed by atoms with Crippen LogP contribution in [0.3, 0.4) is 0 Å². The number of fused-ring (bicyclic) bond motifs is 1. The minimum atomic E-state index is -4.32. The Morgan fingerprint density at radius 1 is 1.06 bits per heavy atom. The van der Waals surface area contributed by atoms with Crippen LogP contribution in [0.25, 0.3) is 0 Å². The van der Waals surface area contributed by atoms with Crippen LogP contribution in [0.5, 0.6) is 0 Å². The maximum absolute atomic E-state index is 14.7. The smallest absolute Gasteiger partial charge is 0.389 e. The molecule has 19 heteroatoms. The number of carbonyl (C=O) groups excluding carboxylic acids is 3. The number of likely N-dealkylation sites (tertiary alicyclic amines) is 1. The van der Waals surface area contributed by atoms with Gasteiger partial charge in [-0.25, -0.2) is 10.4 Å². The zero-order valence-electron chi connectivity index (χ0n) is 30.5. The van der Waals surface area contributed by atoms with Crippen LogP contribution in [0.1, 0.15) is 46.0 Å². The highest BCUT2D eigenvalue weighted by molar-refractivity contribution is 6.21. The lowest BCUT2D eigenvalue weighted by atomic mass is 9.84. The number of ketones is 1. The molecular weight excluding hydrogens is 707 g/mol. The summed E-state index contributed by atoms with van der Waals surface area (Å²) in [5, 5.41) is 28.2. The molecule has 12 atom stereocenters. The minimum Gasteiger partial charge on any atom is -0.389 e. The van der Waals surface area contributed by atoms with Gasteiger partial charge in [-0.05, 0) is 46.1 Å². The van der Waals surface area contributed by atoms with Gasteiger partial charge < -0.3 is 15.3 Å². The number of hydrazine groups is 1. The van der Waals surface area contributed by atoms with Crippen LogP contribution >= 0.6 is 11.6 Å². The van der Waals surface area contributed by atoms with E-state index in [2.05, 4.69) is 41.8 Å². The standard InChI is InChI=1S/C33H57ClF3N11O4/c1-5-22-28(46-10-12-47(13-11-46)32(52)27-29(50)18(2)39-17-40-27)30(51)26-31(38-15-24(42-26)45(4)23-8-9-44(3)43-23)48(22)16-25(49)41-21-7-6-19(14-20(21)34)33(35,36)37/h18-24,26-29,31,38-40,42-43,50H,5-17H2,1-4H3,(H,41,49). The highest BCUT2D eigenvalue weighted by atomic mass is 35.5. The quantitative estimate of drug-likeness (QED) is 0.139. The summed E-state index contributed by atoms with van der Waals surface area (Å²) in [5.74, 6) is -1.97. The number of aliphatic hydroxyl groups excluding tert-OH is 1. The maximum atomic E-state index is 14.7. The Kier molecular flexibility index (Phi) is 12.7. The summed E-state index contributed by atoms with van der Waals surface area (Å²) in [5.41, 5.74) is 3.45. The van der Waals surface area contributed by atoms with Crippen LogP contribution in [-0.4, -0.2) is 186 Å². The number of carbonyl (C=O) groups is 3. The zero-order valence-corrected chi connectivity index (χ0v) is 31.3. The monoisotopic (exact) mass is 763 g/mol. The van der Waals surface area contributed by atoms with E-state index in [1.54, 1.807) is 4.90 Å². The van der Waals surface area contributed by atoms with Gasteiger partial charge >= 0.3 is 6.18 Å². The first-order valence-electron chi connectivity index (χ1n) is 18.8. The number of halogens is 4. The van der Waals surface area contributed by atoms with E-state index in [0.29, 0.717) is 45.8 Å². The molecule has 1 saturated carbocycles. The number of piperidine rings is 1. The van der Waals surface area contributed by atoms with Gasteiger partial charge in [0, 0.05) is 71.1 Å². The molecule has 1 aliphatic carbocycles. The fraction of sp³-hybridized carbons (Fsp3) is 0.909. The molecular formula is C33H57ClF3N11O4. The summed E-state index contributed by atoms with van der Waals surface area (Å²) in [6.07, 6.45) is -4.50.